The molecule has 0 saturated heterocycles. The molecule has 198 valence electrons. The highest BCUT2D eigenvalue weighted by Crippen LogP contribution is 2.13. The zero-order chi connectivity index (χ0) is 26.9. The molecule has 2 amide bonds. The maximum Gasteiger partial charge on any atom is 0.332 e. The molecule has 2 N–H and O–H groups in total. The first-order valence-corrected chi connectivity index (χ1v) is 12.3. The van der Waals surface area contributed by atoms with E-state index < -0.39 is 17.8 Å². The monoisotopic (exact) mass is 510 g/mol. The van der Waals surface area contributed by atoms with Gasteiger partial charge < -0.3 is 20.1 Å². The van der Waals surface area contributed by atoms with Crippen molar-refractivity contribution in [3.8, 4) is 0 Å². The number of amides is 2. The Bertz CT molecular complexity index is 1030. The largest absolute Gasteiger partial charge is 0.459 e. The summed E-state index contributed by atoms with van der Waals surface area (Å²) in [6.45, 7) is 1.21. The van der Waals surface area contributed by atoms with Crippen LogP contribution in [0.5, 0.6) is 0 Å². The summed E-state index contributed by atoms with van der Waals surface area (Å²) in [4.78, 5) is 60.5. The number of hydrogen-bond donors (Lipinski definition) is 2. The van der Waals surface area contributed by atoms with Crippen molar-refractivity contribution >= 4 is 29.4 Å². The number of esters is 1. The summed E-state index contributed by atoms with van der Waals surface area (Å²) < 4.78 is 10.3. The zero-order valence-corrected chi connectivity index (χ0v) is 21.1. The normalized spacial score (nSPS) is 11.3. The summed E-state index contributed by atoms with van der Waals surface area (Å²) in [6.07, 6.45) is 0.537. The first-order chi connectivity index (χ1) is 17.9. The Balaban J connectivity index is 1.73. The van der Waals surface area contributed by atoms with Gasteiger partial charge in [-0.05, 0) is 17.5 Å². The molecule has 0 aliphatic carbocycles. The van der Waals surface area contributed by atoms with E-state index in [1.807, 2.05) is 60.7 Å². The van der Waals surface area contributed by atoms with E-state index in [-0.39, 0.29) is 69.6 Å². The van der Waals surface area contributed by atoms with Gasteiger partial charge in [0, 0.05) is 25.2 Å². The lowest BCUT2D eigenvalue weighted by atomic mass is 9.93. The molecule has 9 heteroatoms. The number of carbonyl (C=O) groups excluding carboxylic acids is 5. The maximum absolute atomic E-state index is 12.8. The highest BCUT2D eigenvalue weighted by atomic mass is 16.6. The first-order valence-electron chi connectivity index (χ1n) is 12.3. The zero-order valence-electron chi connectivity index (χ0n) is 21.1. The Kier molecular flexibility index (Phi) is 13.3. The third kappa shape index (κ3) is 12.6. The minimum Gasteiger partial charge on any atom is -0.459 e. The molecule has 37 heavy (non-hydrogen) atoms. The molecule has 2 rings (SSSR count). The number of benzene rings is 2. The molecule has 0 saturated carbocycles. The third-order valence-electron chi connectivity index (χ3n) is 5.42. The molecule has 0 aliphatic heterocycles. The summed E-state index contributed by atoms with van der Waals surface area (Å²) >= 11 is 0. The highest BCUT2D eigenvalue weighted by molar-refractivity contribution is 5.92. The summed E-state index contributed by atoms with van der Waals surface area (Å²) in [5, 5.41) is 5.12. The van der Waals surface area contributed by atoms with Gasteiger partial charge in [0.15, 0.2) is 11.6 Å². The van der Waals surface area contributed by atoms with Crippen LogP contribution < -0.4 is 10.6 Å². The van der Waals surface area contributed by atoms with Crippen LogP contribution in [-0.2, 0) is 46.5 Å². The first kappa shape index (κ1) is 29.4. The van der Waals surface area contributed by atoms with Crippen molar-refractivity contribution in [2.24, 2.45) is 5.92 Å². The van der Waals surface area contributed by atoms with E-state index in [4.69, 9.17) is 9.47 Å². The lowest BCUT2D eigenvalue weighted by Gasteiger charge is -2.16. The molecular weight excluding hydrogens is 476 g/mol. The van der Waals surface area contributed by atoms with Crippen LogP contribution in [0.3, 0.4) is 0 Å². The van der Waals surface area contributed by atoms with Gasteiger partial charge in [-0.3, -0.25) is 19.2 Å². The SMILES string of the molecule is CCC(=O)NCC(=O)C[C@@H](Cc1ccccc1)C(=O)NCC(=O)CCOCC(=O)OCc1ccccc1. The van der Waals surface area contributed by atoms with Crippen LogP contribution in [0.25, 0.3) is 0 Å². The molecule has 0 spiro atoms. The van der Waals surface area contributed by atoms with Crippen molar-refractivity contribution in [1.29, 1.82) is 0 Å². The predicted octanol–water partition coefficient (Wildman–Crippen LogP) is 2.17. The topological polar surface area (TPSA) is 128 Å². The Morgan fingerprint density at radius 2 is 1.43 bits per heavy atom. The van der Waals surface area contributed by atoms with Gasteiger partial charge in [-0.15, -0.1) is 0 Å². The van der Waals surface area contributed by atoms with Gasteiger partial charge in [0.2, 0.25) is 11.8 Å². The van der Waals surface area contributed by atoms with Crippen molar-refractivity contribution in [3.05, 3.63) is 71.8 Å². The highest BCUT2D eigenvalue weighted by Gasteiger charge is 2.23. The summed E-state index contributed by atoms with van der Waals surface area (Å²) in [6, 6.07) is 18.5. The van der Waals surface area contributed by atoms with Gasteiger partial charge in [-0.1, -0.05) is 67.6 Å². The van der Waals surface area contributed by atoms with E-state index in [1.165, 1.54) is 0 Å². The summed E-state index contributed by atoms with van der Waals surface area (Å²) in [5.74, 6) is -2.42. The molecule has 0 radical (unpaired) electrons. The second-order valence-electron chi connectivity index (χ2n) is 8.47. The number of hydrogen-bond acceptors (Lipinski definition) is 7. The molecule has 0 aliphatic rings. The molecule has 0 aromatic heterocycles. The van der Waals surface area contributed by atoms with E-state index in [0.29, 0.717) is 6.42 Å². The van der Waals surface area contributed by atoms with Crippen LogP contribution >= 0.6 is 0 Å². The minimum absolute atomic E-state index is 0.0115. The molecule has 0 unspecified atom stereocenters. The number of ether oxygens (including phenoxy) is 2. The average molecular weight is 511 g/mol. The lowest BCUT2D eigenvalue weighted by Crippen LogP contribution is -2.38. The fraction of sp³-hybridized carbons (Fsp3) is 0.393. The van der Waals surface area contributed by atoms with E-state index in [2.05, 4.69) is 10.6 Å². The fourth-order valence-electron chi connectivity index (χ4n) is 3.36. The van der Waals surface area contributed by atoms with E-state index in [0.717, 1.165) is 11.1 Å². The number of nitrogens with one attached hydrogen (secondary N) is 2. The Morgan fingerprint density at radius 1 is 0.811 bits per heavy atom. The average Bonchev–Trinajstić information content (AvgIpc) is 2.92. The molecule has 0 bridgehead atoms. The fourth-order valence-corrected chi connectivity index (χ4v) is 3.36. The van der Waals surface area contributed by atoms with Gasteiger partial charge in [-0.25, -0.2) is 4.79 Å². The summed E-state index contributed by atoms with van der Waals surface area (Å²) in [5.41, 5.74) is 1.74. The number of rotatable bonds is 17. The van der Waals surface area contributed by atoms with Crippen molar-refractivity contribution in [3.63, 3.8) is 0 Å². The number of Topliss-reactive ketones (excluding diaryl/α,β-unsaturated/α-hetero) is 2. The molecule has 0 fully saturated rings. The van der Waals surface area contributed by atoms with Crippen LogP contribution in [0.4, 0.5) is 0 Å². The van der Waals surface area contributed by atoms with Gasteiger partial charge in [-0.2, -0.15) is 0 Å². The molecule has 2 aromatic rings. The van der Waals surface area contributed by atoms with Gasteiger partial charge >= 0.3 is 5.97 Å². The van der Waals surface area contributed by atoms with Crippen LogP contribution in [0, 0.1) is 5.92 Å². The smallest absolute Gasteiger partial charge is 0.332 e. The predicted molar refractivity (Wildman–Crippen MR) is 136 cm³/mol. The van der Waals surface area contributed by atoms with Crippen LogP contribution in [0.1, 0.15) is 37.3 Å². The number of ketones is 2. The Hall–Kier alpha value is -3.85. The maximum atomic E-state index is 12.8. The second-order valence-corrected chi connectivity index (χ2v) is 8.47. The molecular formula is C28H34N2O7. The van der Waals surface area contributed by atoms with E-state index >= 15 is 0 Å². The van der Waals surface area contributed by atoms with Crippen molar-refractivity contribution in [2.45, 2.75) is 39.2 Å². The molecule has 9 nitrogen and oxygen atoms in total. The van der Waals surface area contributed by atoms with Crippen LogP contribution in [-0.4, -0.2) is 55.7 Å². The van der Waals surface area contributed by atoms with Gasteiger partial charge in [0.25, 0.3) is 0 Å². The van der Waals surface area contributed by atoms with Crippen molar-refractivity contribution < 1.29 is 33.4 Å². The molecule has 2 aromatic carbocycles. The number of carbonyl (C=O) groups is 5. The molecule has 0 heterocycles. The van der Waals surface area contributed by atoms with Crippen LogP contribution in [0.15, 0.2) is 60.7 Å². The quantitative estimate of drug-likeness (QED) is 0.247. The van der Waals surface area contributed by atoms with E-state index in [1.54, 1.807) is 6.92 Å². The standard InChI is InChI=1S/C28H34N2O7/c1-2-26(33)29-18-25(32)16-23(15-21-9-5-3-6-10-21)28(35)30-17-24(31)13-14-36-20-27(34)37-19-22-11-7-4-8-12-22/h3-12,23H,2,13-20H2,1H3,(H,29,33)(H,30,35)/t23-/m1/s1. The summed E-state index contributed by atoms with van der Waals surface area (Å²) in [7, 11) is 0. The Labute approximate surface area is 216 Å². The Morgan fingerprint density at radius 3 is 2.08 bits per heavy atom. The van der Waals surface area contributed by atoms with E-state index in [9.17, 15) is 24.0 Å². The van der Waals surface area contributed by atoms with Crippen molar-refractivity contribution in [2.75, 3.05) is 26.3 Å². The van der Waals surface area contributed by atoms with Gasteiger partial charge in [0.05, 0.1) is 19.7 Å². The van der Waals surface area contributed by atoms with Gasteiger partial charge in [0.1, 0.15) is 13.2 Å². The second kappa shape index (κ2) is 16.8. The third-order valence-corrected chi connectivity index (χ3v) is 5.42. The molecule has 1 atom stereocenters. The van der Waals surface area contributed by atoms with Crippen molar-refractivity contribution in [1.82, 2.24) is 10.6 Å². The lowest BCUT2D eigenvalue weighted by molar-refractivity contribution is -0.150. The minimum atomic E-state index is -0.683. The van der Waals surface area contributed by atoms with Crippen LogP contribution in [0.2, 0.25) is 0 Å².